The number of nitrogens with zero attached hydrogens (tertiary/aromatic N) is 4. The number of aromatic nitrogens is 4. The van der Waals surface area contributed by atoms with E-state index in [1.54, 1.807) is 6.92 Å². The number of aliphatic carboxylic acids is 1. The summed E-state index contributed by atoms with van der Waals surface area (Å²) in [4.78, 5) is 12.9. The van der Waals surface area contributed by atoms with Gasteiger partial charge in [-0.1, -0.05) is 20.8 Å². The minimum Gasteiger partial charge on any atom is -0.479 e. The van der Waals surface area contributed by atoms with Crippen LogP contribution in [0.5, 0.6) is 0 Å². The Morgan fingerprint density at radius 2 is 2.10 bits per heavy atom. The summed E-state index contributed by atoms with van der Waals surface area (Å²) in [7, 11) is 0. The Hall–Kier alpha value is -1.50. The van der Waals surface area contributed by atoms with Crippen LogP contribution in [0.3, 0.4) is 0 Å². The second-order valence-corrected chi connectivity index (χ2v) is 7.08. The largest absolute Gasteiger partial charge is 0.479 e. The van der Waals surface area contributed by atoms with Crippen molar-refractivity contribution >= 4 is 5.97 Å². The van der Waals surface area contributed by atoms with Gasteiger partial charge in [0, 0.05) is 6.61 Å². The number of carbonyl (C=O) groups is 1. The highest BCUT2D eigenvalue weighted by Crippen LogP contribution is 2.30. The molecule has 7 heteroatoms. The highest BCUT2D eigenvalue weighted by molar-refractivity contribution is 5.75. The quantitative estimate of drug-likeness (QED) is 0.895. The molecular weight excluding hydrogens is 272 g/mol. The number of carboxylic acid groups (broad SMARTS) is 1. The minimum atomic E-state index is -1.18. The fourth-order valence-electron chi connectivity index (χ4n) is 2.26. The molecule has 0 spiro atoms. The third-order valence-corrected chi connectivity index (χ3v) is 3.91. The van der Waals surface area contributed by atoms with Crippen molar-refractivity contribution < 1.29 is 14.6 Å². The Bertz CT molecular complexity index is 503. The van der Waals surface area contributed by atoms with Gasteiger partial charge >= 0.3 is 5.97 Å². The average Bonchev–Trinajstić information content (AvgIpc) is 3.04. The summed E-state index contributed by atoms with van der Waals surface area (Å²) in [5.41, 5.74) is -1.13. The zero-order valence-electron chi connectivity index (χ0n) is 13.2. The van der Waals surface area contributed by atoms with E-state index in [4.69, 9.17) is 4.74 Å². The van der Waals surface area contributed by atoms with Crippen LogP contribution in [0.4, 0.5) is 0 Å². The molecule has 1 N–H and O–H groups in total. The molecule has 0 amide bonds. The first-order chi connectivity index (χ1) is 9.72. The van der Waals surface area contributed by atoms with Gasteiger partial charge in [0.25, 0.3) is 0 Å². The fraction of sp³-hybridized carbons (Fsp3) is 0.857. The molecule has 0 aliphatic carbocycles. The molecule has 0 bridgehead atoms. The Balaban J connectivity index is 2.19. The molecule has 1 saturated heterocycles. The molecule has 1 aliphatic heterocycles. The maximum absolute atomic E-state index is 11.7. The normalized spacial score (nSPS) is 22.2. The summed E-state index contributed by atoms with van der Waals surface area (Å²) >= 11 is 0. The van der Waals surface area contributed by atoms with Gasteiger partial charge in [-0.2, -0.15) is 0 Å². The van der Waals surface area contributed by atoms with Gasteiger partial charge in [-0.3, -0.25) is 0 Å². The fourth-order valence-corrected chi connectivity index (χ4v) is 2.26. The van der Waals surface area contributed by atoms with Gasteiger partial charge < -0.3 is 9.84 Å². The Morgan fingerprint density at radius 1 is 1.38 bits per heavy atom. The predicted octanol–water partition coefficient (Wildman–Crippen LogP) is 2.15. The molecule has 2 rings (SSSR count). The van der Waals surface area contributed by atoms with Gasteiger partial charge in [-0.05, 0) is 43.2 Å². The first kappa shape index (κ1) is 15.9. The zero-order chi connectivity index (χ0) is 15.7. The van der Waals surface area contributed by atoms with Crippen molar-refractivity contribution in [1.29, 1.82) is 0 Å². The van der Waals surface area contributed by atoms with Crippen molar-refractivity contribution in [2.75, 3.05) is 6.61 Å². The van der Waals surface area contributed by atoms with Crippen molar-refractivity contribution in [3.63, 3.8) is 0 Å². The Kier molecular flexibility index (Phi) is 4.32. The first-order valence-corrected chi connectivity index (χ1v) is 7.38. The summed E-state index contributed by atoms with van der Waals surface area (Å²) in [6.07, 6.45) is 2.89. The number of tetrazole rings is 1. The molecular formula is C14H24N4O3. The van der Waals surface area contributed by atoms with E-state index in [-0.39, 0.29) is 11.5 Å². The van der Waals surface area contributed by atoms with Crippen LogP contribution in [-0.4, -0.2) is 37.9 Å². The van der Waals surface area contributed by atoms with E-state index >= 15 is 0 Å². The lowest BCUT2D eigenvalue weighted by atomic mass is 9.84. The highest BCUT2D eigenvalue weighted by Gasteiger charge is 2.39. The summed E-state index contributed by atoms with van der Waals surface area (Å²) in [6, 6.07) is 0. The van der Waals surface area contributed by atoms with Crippen molar-refractivity contribution in [3.8, 4) is 0 Å². The number of hydrogen-bond acceptors (Lipinski definition) is 5. The summed E-state index contributed by atoms with van der Waals surface area (Å²) in [5.74, 6) is -0.459. The number of carboxylic acids is 1. The molecule has 2 atom stereocenters. The summed E-state index contributed by atoms with van der Waals surface area (Å²) < 4.78 is 5.51. The van der Waals surface area contributed by atoms with E-state index < -0.39 is 11.5 Å². The lowest BCUT2D eigenvalue weighted by Gasteiger charge is -2.27. The number of ether oxygens (including phenoxy) is 1. The maximum atomic E-state index is 11.7. The van der Waals surface area contributed by atoms with Crippen molar-refractivity contribution in [2.24, 2.45) is 5.41 Å². The molecule has 7 nitrogen and oxygen atoms in total. The van der Waals surface area contributed by atoms with Crippen LogP contribution in [-0.2, 0) is 15.1 Å². The van der Waals surface area contributed by atoms with Gasteiger partial charge in [0.1, 0.15) is 6.10 Å². The van der Waals surface area contributed by atoms with Gasteiger partial charge in [0.05, 0.1) is 0 Å². The zero-order valence-corrected chi connectivity index (χ0v) is 13.2. The van der Waals surface area contributed by atoms with Crippen molar-refractivity contribution in [3.05, 3.63) is 5.82 Å². The lowest BCUT2D eigenvalue weighted by molar-refractivity contribution is -0.148. The van der Waals surface area contributed by atoms with Crippen LogP contribution in [0.2, 0.25) is 0 Å². The predicted molar refractivity (Wildman–Crippen MR) is 75.7 cm³/mol. The van der Waals surface area contributed by atoms with Crippen LogP contribution >= 0.6 is 0 Å². The maximum Gasteiger partial charge on any atom is 0.333 e. The van der Waals surface area contributed by atoms with E-state index in [9.17, 15) is 9.90 Å². The molecule has 0 saturated carbocycles. The molecule has 1 fully saturated rings. The average molecular weight is 296 g/mol. The first-order valence-electron chi connectivity index (χ1n) is 7.38. The SMILES string of the molecule is CC(C)(C)CCC(C)(C(=O)O)n1nnc(C2CCCO2)n1. The molecule has 2 heterocycles. The highest BCUT2D eigenvalue weighted by atomic mass is 16.5. The number of rotatable bonds is 5. The summed E-state index contributed by atoms with van der Waals surface area (Å²) in [6.45, 7) is 8.59. The Labute approximate surface area is 124 Å². The third-order valence-electron chi connectivity index (χ3n) is 3.91. The van der Waals surface area contributed by atoms with Gasteiger partial charge in [-0.15, -0.1) is 15.0 Å². The molecule has 1 aromatic heterocycles. The lowest BCUT2D eigenvalue weighted by Crippen LogP contribution is -2.41. The van der Waals surface area contributed by atoms with Crippen LogP contribution in [0.15, 0.2) is 0 Å². The second-order valence-electron chi connectivity index (χ2n) is 7.08. The van der Waals surface area contributed by atoms with Gasteiger partial charge in [-0.25, -0.2) is 4.79 Å². The van der Waals surface area contributed by atoms with Crippen LogP contribution in [0.25, 0.3) is 0 Å². The third kappa shape index (κ3) is 3.58. The van der Waals surface area contributed by atoms with Gasteiger partial charge in [0.15, 0.2) is 5.54 Å². The smallest absolute Gasteiger partial charge is 0.333 e. The molecule has 1 aliphatic rings. The standard InChI is InChI=1S/C14H24N4O3/c1-13(2,3)7-8-14(4,12(19)20)18-16-11(15-17-18)10-6-5-9-21-10/h10H,5-9H2,1-4H3,(H,19,20). The number of hydrogen-bond donors (Lipinski definition) is 1. The van der Waals surface area contributed by atoms with Crippen LogP contribution in [0.1, 0.15) is 65.3 Å². The molecule has 2 unspecified atom stereocenters. The van der Waals surface area contributed by atoms with E-state index in [1.165, 1.54) is 4.80 Å². The van der Waals surface area contributed by atoms with E-state index in [2.05, 4.69) is 36.2 Å². The van der Waals surface area contributed by atoms with Crippen molar-refractivity contribution in [1.82, 2.24) is 20.2 Å². The van der Waals surface area contributed by atoms with E-state index in [1.807, 2.05) is 0 Å². The molecule has 0 aromatic carbocycles. The van der Waals surface area contributed by atoms with E-state index in [0.29, 0.717) is 18.9 Å². The molecule has 1 aromatic rings. The van der Waals surface area contributed by atoms with Gasteiger partial charge in [0.2, 0.25) is 5.82 Å². The van der Waals surface area contributed by atoms with Crippen LogP contribution < -0.4 is 0 Å². The molecule has 118 valence electrons. The monoisotopic (exact) mass is 296 g/mol. The van der Waals surface area contributed by atoms with Crippen molar-refractivity contribution in [2.45, 2.75) is 65.0 Å². The Morgan fingerprint density at radius 3 is 2.62 bits per heavy atom. The molecule has 21 heavy (non-hydrogen) atoms. The topological polar surface area (TPSA) is 90.1 Å². The minimum absolute atomic E-state index is 0.0503. The van der Waals surface area contributed by atoms with Crippen LogP contribution in [0, 0.1) is 5.41 Å². The van der Waals surface area contributed by atoms with E-state index in [0.717, 1.165) is 19.3 Å². The molecule has 0 radical (unpaired) electrons. The summed E-state index contributed by atoms with van der Waals surface area (Å²) in [5, 5.41) is 21.8. The second kappa shape index (κ2) is 5.71.